The average molecular weight is 264 g/mol. The van der Waals surface area contributed by atoms with Crippen LogP contribution in [-0.4, -0.2) is 22.6 Å². The number of aromatic nitrogens is 1. The van der Waals surface area contributed by atoms with Gasteiger partial charge in [0.15, 0.2) is 0 Å². The molecule has 0 radical (unpaired) electrons. The Morgan fingerprint density at radius 1 is 1.50 bits per heavy atom. The van der Waals surface area contributed by atoms with Gasteiger partial charge in [0, 0.05) is 0 Å². The molecule has 0 saturated carbocycles. The molecule has 7 nitrogen and oxygen atoms in total. The quantitative estimate of drug-likeness (QED) is 0.586. The van der Waals surface area contributed by atoms with Crippen LogP contribution in [0.2, 0.25) is 0 Å². The van der Waals surface area contributed by atoms with Crippen molar-refractivity contribution in [2.24, 2.45) is 0 Å². The molecule has 0 aliphatic carbocycles. The Labute approximate surface area is 126 Å². The number of ether oxygens (including phenoxy) is 1. The van der Waals surface area contributed by atoms with Gasteiger partial charge in [-0.3, -0.25) is 0 Å². The van der Waals surface area contributed by atoms with Gasteiger partial charge in [0.2, 0.25) is 5.89 Å². The van der Waals surface area contributed by atoms with Crippen LogP contribution in [0.1, 0.15) is 37.2 Å². The molecule has 0 aromatic carbocycles. The maximum absolute atomic E-state index is 11.3. The molecule has 8 heteroatoms. The molecule has 0 aliphatic rings. The Balaban J connectivity index is 0.00000289. The van der Waals surface area contributed by atoms with Crippen LogP contribution in [0.25, 0.3) is 0 Å². The molecule has 1 rings (SSSR count). The Hall–Kier alpha value is -1.05. The van der Waals surface area contributed by atoms with Crippen LogP contribution in [0.3, 0.4) is 0 Å². The van der Waals surface area contributed by atoms with Gasteiger partial charge < -0.3 is 24.4 Å². The number of carboxylic acids is 1. The predicted molar refractivity (Wildman–Crippen MR) is 53.9 cm³/mol. The fourth-order valence-electron chi connectivity index (χ4n) is 0.959. The summed E-state index contributed by atoms with van der Waals surface area (Å²) in [5.74, 6) is -2.03. The van der Waals surface area contributed by atoms with Crippen LogP contribution in [0.5, 0.6) is 0 Å². The zero-order valence-electron chi connectivity index (χ0n) is 10.8. The maximum Gasteiger partial charge on any atom is 1.00 e. The van der Waals surface area contributed by atoms with Crippen molar-refractivity contribution in [1.82, 2.24) is 10.3 Å². The molecule has 0 saturated heterocycles. The summed E-state index contributed by atoms with van der Waals surface area (Å²) in [4.78, 5) is 25.2. The first-order valence-electron chi connectivity index (χ1n) is 4.90. The Kier molecular flexibility index (Phi) is 6.37. The number of nitrogens with zero attached hydrogens (tertiary/aromatic N) is 1. The maximum atomic E-state index is 11.3. The molecular weight excluding hydrogens is 251 g/mol. The number of carboxylic acid groups (broad SMARTS) is 1. The number of carbonyl (C=O) groups excluding carboxylic acids is 2. The Morgan fingerprint density at radius 2 is 2.11 bits per heavy atom. The number of oxazole rings is 1. The average Bonchev–Trinajstić information content (AvgIpc) is 2.60. The number of amides is 1. The number of aromatic carboxylic acids is 1. The SMILES string of the molecule is CC(C)(C)OC(=O)NCc1coc(C(=O)[O-])n1.[Na+]. The van der Waals surface area contributed by atoms with E-state index in [0.29, 0.717) is 0 Å². The molecule has 0 aliphatic heterocycles. The second-order valence-corrected chi connectivity index (χ2v) is 4.29. The second kappa shape index (κ2) is 6.77. The minimum Gasteiger partial charge on any atom is -0.540 e. The zero-order valence-corrected chi connectivity index (χ0v) is 12.8. The minimum atomic E-state index is -1.51. The van der Waals surface area contributed by atoms with E-state index in [4.69, 9.17) is 4.74 Å². The smallest absolute Gasteiger partial charge is 0.540 e. The molecule has 0 spiro atoms. The van der Waals surface area contributed by atoms with E-state index in [0.717, 1.165) is 6.26 Å². The largest absolute Gasteiger partial charge is 1.00 e. The summed E-state index contributed by atoms with van der Waals surface area (Å²) in [6.07, 6.45) is 0.512. The van der Waals surface area contributed by atoms with E-state index in [1.807, 2.05) is 0 Å². The Morgan fingerprint density at radius 3 is 2.56 bits per heavy atom. The van der Waals surface area contributed by atoms with Gasteiger partial charge in [0.25, 0.3) is 0 Å². The topological polar surface area (TPSA) is 104 Å². The van der Waals surface area contributed by atoms with E-state index >= 15 is 0 Å². The summed E-state index contributed by atoms with van der Waals surface area (Å²) in [5.41, 5.74) is -0.320. The standard InChI is InChI=1S/C10H14N2O5.Na/c1-10(2,3)17-9(15)11-4-6-5-16-7(12-6)8(13)14;/h5H,4H2,1-3H3,(H,11,15)(H,13,14);/q;+1/p-1. The molecular formula is C10H13N2NaO5. The first-order valence-corrected chi connectivity index (χ1v) is 4.90. The second-order valence-electron chi connectivity index (χ2n) is 4.29. The molecule has 1 aromatic rings. The molecule has 0 bridgehead atoms. The predicted octanol–water partition coefficient (Wildman–Crippen LogP) is -2.93. The third kappa shape index (κ3) is 6.04. The first kappa shape index (κ1) is 16.9. The fourth-order valence-corrected chi connectivity index (χ4v) is 0.959. The third-order valence-electron chi connectivity index (χ3n) is 1.54. The van der Waals surface area contributed by atoms with Gasteiger partial charge in [-0.2, -0.15) is 0 Å². The van der Waals surface area contributed by atoms with E-state index < -0.39 is 23.6 Å². The van der Waals surface area contributed by atoms with Gasteiger partial charge in [0.1, 0.15) is 17.8 Å². The van der Waals surface area contributed by atoms with Crippen molar-refractivity contribution >= 4 is 12.1 Å². The summed E-state index contributed by atoms with van der Waals surface area (Å²) >= 11 is 0. The van der Waals surface area contributed by atoms with Crippen LogP contribution in [0.15, 0.2) is 10.7 Å². The van der Waals surface area contributed by atoms with E-state index in [9.17, 15) is 14.7 Å². The number of nitrogens with one attached hydrogen (secondary N) is 1. The van der Waals surface area contributed by atoms with E-state index in [2.05, 4.69) is 14.7 Å². The first-order chi connectivity index (χ1) is 7.78. The number of alkyl carbamates (subject to hydrolysis) is 1. The monoisotopic (exact) mass is 264 g/mol. The number of rotatable bonds is 3. The minimum absolute atomic E-state index is 0. The van der Waals surface area contributed by atoms with Crippen LogP contribution >= 0.6 is 0 Å². The van der Waals surface area contributed by atoms with Crippen molar-refractivity contribution in [1.29, 1.82) is 0 Å². The fraction of sp³-hybridized carbons (Fsp3) is 0.500. The van der Waals surface area contributed by atoms with E-state index in [1.54, 1.807) is 20.8 Å². The molecule has 0 unspecified atom stereocenters. The van der Waals surface area contributed by atoms with Crippen molar-refractivity contribution in [2.75, 3.05) is 0 Å². The molecule has 94 valence electrons. The summed E-state index contributed by atoms with van der Waals surface area (Å²) in [6, 6.07) is 0. The summed E-state index contributed by atoms with van der Waals surface area (Å²) in [7, 11) is 0. The van der Waals surface area contributed by atoms with Gasteiger partial charge in [-0.1, -0.05) is 0 Å². The van der Waals surface area contributed by atoms with Crippen molar-refractivity contribution in [2.45, 2.75) is 32.9 Å². The summed E-state index contributed by atoms with van der Waals surface area (Å²) < 4.78 is 9.57. The van der Waals surface area contributed by atoms with E-state index in [1.165, 1.54) is 0 Å². The number of carbonyl (C=O) groups is 2. The van der Waals surface area contributed by atoms with Crippen LogP contribution in [0.4, 0.5) is 4.79 Å². The molecule has 1 amide bonds. The van der Waals surface area contributed by atoms with Gasteiger partial charge in [-0.05, 0) is 20.8 Å². The van der Waals surface area contributed by atoms with Gasteiger partial charge >= 0.3 is 35.7 Å². The van der Waals surface area contributed by atoms with Gasteiger partial charge in [0.05, 0.1) is 12.2 Å². The zero-order chi connectivity index (χ0) is 13.1. The van der Waals surface area contributed by atoms with Crippen LogP contribution in [0, 0.1) is 0 Å². The van der Waals surface area contributed by atoms with Gasteiger partial charge in [-0.25, -0.2) is 9.78 Å². The van der Waals surface area contributed by atoms with Crippen molar-refractivity contribution in [3.8, 4) is 0 Å². The van der Waals surface area contributed by atoms with Crippen molar-refractivity contribution < 1.29 is 53.4 Å². The molecule has 1 N–H and O–H groups in total. The summed E-state index contributed by atoms with van der Waals surface area (Å²) in [5, 5.41) is 12.8. The molecule has 1 aromatic heterocycles. The molecule has 1 heterocycles. The van der Waals surface area contributed by atoms with E-state index in [-0.39, 0.29) is 41.8 Å². The summed E-state index contributed by atoms with van der Waals surface area (Å²) in [6.45, 7) is 5.22. The third-order valence-corrected chi connectivity index (χ3v) is 1.54. The van der Waals surface area contributed by atoms with Crippen molar-refractivity contribution in [3.63, 3.8) is 0 Å². The van der Waals surface area contributed by atoms with Crippen molar-refractivity contribution in [3.05, 3.63) is 17.8 Å². The Bertz CT molecular complexity index is 424. The van der Waals surface area contributed by atoms with Crippen LogP contribution in [-0.2, 0) is 11.3 Å². The normalized spacial score (nSPS) is 10.4. The van der Waals surface area contributed by atoms with Gasteiger partial charge in [-0.15, -0.1) is 0 Å². The molecule has 0 atom stereocenters. The molecule has 18 heavy (non-hydrogen) atoms. The van der Waals surface area contributed by atoms with Crippen LogP contribution < -0.4 is 40.0 Å². The number of hydrogen-bond acceptors (Lipinski definition) is 6. The number of hydrogen-bond donors (Lipinski definition) is 1. The molecule has 0 fully saturated rings.